The maximum atomic E-state index is 12.1. The van der Waals surface area contributed by atoms with Crippen LogP contribution in [0.5, 0.6) is 0 Å². The second-order valence-electron chi connectivity index (χ2n) is 8.13. The molecule has 3 heterocycles. The zero-order chi connectivity index (χ0) is 21.5. The van der Waals surface area contributed by atoms with Crippen molar-refractivity contribution in [2.24, 2.45) is 5.92 Å². The SMILES string of the molecule is Cc1ccc(Cl)cc1Nc1cc(NCC2CC2)n2ncc(/C=C3\CC(O)NC3=O)c2n1. The Morgan fingerprint density at radius 3 is 2.94 bits per heavy atom. The van der Waals surface area contributed by atoms with E-state index in [0.717, 1.165) is 23.6 Å². The van der Waals surface area contributed by atoms with Crippen LogP contribution in [0.2, 0.25) is 5.02 Å². The Labute approximate surface area is 184 Å². The molecule has 0 bridgehead atoms. The Morgan fingerprint density at radius 2 is 2.19 bits per heavy atom. The van der Waals surface area contributed by atoms with Crippen LogP contribution in [-0.4, -0.2) is 38.4 Å². The summed E-state index contributed by atoms with van der Waals surface area (Å²) in [6.45, 7) is 2.88. The molecule has 1 saturated carbocycles. The molecule has 0 radical (unpaired) electrons. The first-order valence-corrected chi connectivity index (χ1v) is 10.7. The van der Waals surface area contributed by atoms with E-state index in [9.17, 15) is 9.90 Å². The summed E-state index contributed by atoms with van der Waals surface area (Å²) < 4.78 is 1.74. The summed E-state index contributed by atoms with van der Waals surface area (Å²) >= 11 is 6.18. The maximum absolute atomic E-state index is 12.1. The molecule has 0 spiro atoms. The number of rotatable bonds is 6. The standard InChI is InChI=1S/C22H23ClN6O2/c1-12-2-5-16(23)8-17(12)26-18-9-19(24-10-13-3-4-13)29-21(27-18)15(11-25-29)6-14-7-20(30)28-22(14)31/h2,5-6,8-9,11,13,20,24,30H,3-4,7,10H2,1H3,(H,26,27)(H,28,31)/b14-6+. The molecule has 1 aromatic carbocycles. The van der Waals surface area contributed by atoms with E-state index >= 15 is 0 Å². The molecule has 1 atom stereocenters. The van der Waals surface area contributed by atoms with Gasteiger partial charge in [-0.1, -0.05) is 17.7 Å². The second-order valence-corrected chi connectivity index (χ2v) is 8.57. The van der Waals surface area contributed by atoms with Gasteiger partial charge in [-0.25, -0.2) is 4.98 Å². The van der Waals surface area contributed by atoms with E-state index in [4.69, 9.17) is 16.6 Å². The number of aromatic nitrogens is 3. The molecule has 3 aromatic rings. The zero-order valence-electron chi connectivity index (χ0n) is 17.0. The number of hydrogen-bond donors (Lipinski definition) is 4. The average molecular weight is 439 g/mol. The normalized spacial score (nSPS) is 19.8. The van der Waals surface area contributed by atoms with Crippen LogP contribution in [0.15, 0.2) is 36.0 Å². The van der Waals surface area contributed by atoms with Gasteiger partial charge in [0.2, 0.25) is 5.91 Å². The number of aliphatic hydroxyl groups is 1. The third kappa shape index (κ3) is 4.22. The molecule has 8 nitrogen and oxygen atoms in total. The fourth-order valence-corrected chi connectivity index (χ4v) is 3.79. The van der Waals surface area contributed by atoms with Gasteiger partial charge in [-0.05, 0) is 49.5 Å². The van der Waals surface area contributed by atoms with Crippen LogP contribution in [-0.2, 0) is 4.79 Å². The predicted molar refractivity (Wildman–Crippen MR) is 120 cm³/mol. The Bertz CT molecular complexity index is 1200. The molecule has 1 aliphatic carbocycles. The van der Waals surface area contributed by atoms with Crippen molar-refractivity contribution in [3.8, 4) is 0 Å². The highest BCUT2D eigenvalue weighted by Gasteiger charge is 2.25. The Morgan fingerprint density at radius 1 is 1.35 bits per heavy atom. The Kier molecular flexibility index (Phi) is 5.03. The van der Waals surface area contributed by atoms with Gasteiger partial charge in [-0.15, -0.1) is 0 Å². The van der Waals surface area contributed by atoms with Crippen molar-refractivity contribution < 1.29 is 9.90 Å². The number of amides is 1. The summed E-state index contributed by atoms with van der Waals surface area (Å²) in [5, 5.41) is 24.2. The monoisotopic (exact) mass is 438 g/mol. The largest absolute Gasteiger partial charge is 0.373 e. The topological polar surface area (TPSA) is 104 Å². The molecule has 4 N–H and O–H groups in total. The third-order valence-electron chi connectivity index (χ3n) is 5.56. The summed E-state index contributed by atoms with van der Waals surface area (Å²) in [5.41, 5.74) is 3.74. The number of aryl methyl sites for hydroxylation is 1. The van der Waals surface area contributed by atoms with Crippen LogP contribution < -0.4 is 16.0 Å². The lowest BCUT2D eigenvalue weighted by molar-refractivity contribution is -0.117. The molecule has 5 rings (SSSR count). The molecular formula is C22H23ClN6O2. The molecule has 160 valence electrons. The summed E-state index contributed by atoms with van der Waals surface area (Å²) in [5.74, 6) is 1.88. The van der Waals surface area contributed by atoms with Gasteiger partial charge in [-0.2, -0.15) is 9.61 Å². The van der Waals surface area contributed by atoms with E-state index in [1.807, 2.05) is 31.2 Å². The van der Waals surface area contributed by atoms with Crippen LogP contribution in [0.4, 0.5) is 17.3 Å². The minimum atomic E-state index is -0.854. The minimum absolute atomic E-state index is 0.253. The lowest BCUT2D eigenvalue weighted by Crippen LogP contribution is -2.24. The zero-order valence-corrected chi connectivity index (χ0v) is 17.8. The van der Waals surface area contributed by atoms with Crippen molar-refractivity contribution in [1.82, 2.24) is 19.9 Å². The highest BCUT2D eigenvalue weighted by atomic mass is 35.5. The molecule has 2 aliphatic rings. The highest BCUT2D eigenvalue weighted by molar-refractivity contribution is 6.30. The minimum Gasteiger partial charge on any atom is -0.373 e. The van der Waals surface area contributed by atoms with Crippen LogP contribution in [0.25, 0.3) is 11.7 Å². The molecule has 1 aliphatic heterocycles. The van der Waals surface area contributed by atoms with Gasteiger partial charge >= 0.3 is 0 Å². The Hall–Kier alpha value is -3.10. The summed E-state index contributed by atoms with van der Waals surface area (Å²) in [6.07, 6.45) is 5.29. The second kappa shape index (κ2) is 7.86. The highest BCUT2D eigenvalue weighted by Crippen LogP contribution is 2.31. The maximum Gasteiger partial charge on any atom is 0.249 e. The first kappa shape index (κ1) is 19.8. The van der Waals surface area contributed by atoms with Crippen molar-refractivity contribution in [3.05, 3.63) is 52.2 Å². The number of benzene rings is 1. The fourth-order valence-electron chi connectivity index (χ4n) is 3.62. The first-order chi connectivity index (χ1) is 15.0. The number of fused-ring (bicyclic) bond motifs is 1. The van der Waals surface area contributed by atoms with Crippen molar-refractivity contribution in [2.75, 3.05) is 17.2 Å². The molecule has 2 aromatic heterocycles. The number of hydrogen-bond acceptors (Lipinski definition) is 6. The number of anilines is 3. The van der Waals surface area contributed by atoms with E-state index in [2.05, 4.69) is 21.0 Å². The lowest BCUT2D eigenvalue weighted by Gasteiger charge is -2.13. The van der Waals surface area contributed by atoms with Gasteiger partial charge in [0.15, 0.2) is 5.65 Å². The average Bonchev–Trinajstić information content (AvgIpc) is 3.40. The van der Waals surface area contributed by atoms with E-state index in [-0.39, 0.29) is 12.3 Å². The smallest absolute Gasteiger partial charge is 0.249 e. The van der Waals surface area contributed by atoms with Gasteiger partial charge in [0.05, 0.1) is 6.20 Å². The third-order valence-corrected chi connectivity index (χ3v) is 5.80. The van der Waals surface area contributed by atoms with Gasteiger partial charge in [0, 0.05) is 40.9 Å². The fraction of sp³-hybridized carbons (Fsp3) is 0.318. The number of carbonyl (C=O) groups excluding carboxylic acids is 1. The number of nitrogens with one attached hydrogen (secondary N) is 3. The lowest BCUT2D eigenvalue weighted by atomic mass is 10.1. The van der Waals surface area contributed by atoms with Gasteiger partial charge in [0.1, 0.15) is 17.9 Å². The van der Waals surface area contributed by atoms with Crippen LogP contribution in [0.3, 0.4) is 0 Å². The Balaban J connectivity index is 1.55. The van der Waals surface area contributed by atoms with Gasteiger partial charge < -0.3 is 21.1 Å². The van der Waals surface area contributed by atoms with E-state index in [0.29, 0.717) is 33.5 Å². The molecule has 1 unspecified atom stereocenters. The van der Waals surface area contributed by atoms with Crippen molar-refractivity contribution in [3.63, 3.8) is 0 Å². The summed E-state index contributed by atoms with van der Waals surface area (Å²) in [6, 6.07) is 7.59. The van der Waals surface area contributed by atoms with Crippen LogP contribution in [0, 0.1) is 12.8 Å². The molecule has 31 heavy (non-hydrogen) atoms. The van der Waals surface area contributed by atoms with Crippen molar-refractivity contribution in [1.29, 1.82) is 0 Å². The quantitative estimate of drug-likeness (QED) is 0.439. The van der Waals surface area contributed by atoms with Crippen molar-refractivity contribution in [2.45, 2.75) is 32.4 Å². The van der Waals surface area contributed by atoms with E-state index < -0.39 is 6.23 Å². The van der Waals surface area contributed by atoms with E-state index in [1.165, 1.54) is 12.8 Å². The molecule has 2 fully saturated rings. The van der Waals surface area contributed by atoms with Crippen LogP contribution in [0.1, 0.15) is 30.4 Å². The van der Waals surface area contributed by atoms with Gasteiger partial charge in [-0.3, -0.25) is 4.79 Å². The molecule has 9 heteroatoms. The van der Waals surface area contributed by atoms with Crippen LogP contribution >= 0.6 is 11.6 Å². The van der Waals surface area contributed by atoms with E-state index in [1.54, 1.807) is 16.8 Å². The number of halogens is 1. The molecular weight excluding hydrogens is 416 g/mol. The summed E-state index contributed by atoms with van der Waals surface area (Å²) in [4.78, 5) is 16.8. The number of carbonyl (C=O) groups is 1. The number of nitrogens with zero attached hydrogens (tertiary/aromatic N) is 3. The van der Waals surface area contributed by atoms with Crippen molar-refractivity contribution >= 4 is 46.6 Å². The molecule has 1 amide bonds. The number of aliphatic hydroxyl groups excluding tert-OH is 1. The molecule has 1 saturated heterocycles. The predicted octanol–water partition coefficient (Wildman–Crippen LogP) is 3.48. The summed E-state index contributed by atoms with van der Waals surface area (Å²) in [7, 11) is 0. The van der Waals surface area contributed by atoms with Gasteiger partial charge in [0.25, 0.3) is 0 Å². The first-order valence-electron chi connectivity index (χ1n) is 10.3.